The van der Waals surface area contributed by atoms with Crippen LogP contribution in [0.15, 0.2) is 65.1 Å². The number of nitrogens with zero attached hydrogens (tertiary/aromatic N) is 1. The smallest absolute Gasteiger partial charge is 0.262 e. The first kappa shape index (κ1) is 19.0. The van der Waals surface area contributed by atoms with Gasteiger partial charge in [0.2, 0.25) is 5.89 Å². The molecular formula is C23H19ClN2O3. The van der Waals surface area contributed by atoms with Crippen molar-refractivity contribution in [1.82, 2.24) is 4.98 Å². The molecule has 1 N–H and O–H groups in total. The molecule has 0 atom stereocenters. The molecule has 0 fully saturated rings. The van der Waals surface area contributed by atoms with Crippen molar-refractivity contribution in [3.63, 3.8) is 0 Å². The first-order chi connectivity index (χ1) is 14.0. The number of anilines is 1. The van der Waals surface area contributed by atoms with Crippen molar-refractivity contribution in [3.8, 4) is 17.2 Å². The Balaban J connectivity index is 1.46. The van der Waals surface area contributed by atoms with E-state index < -0.39 is 0 Å². The number of rotatable bonds is 5. The number of carbonyl (C=O) groups excluding carboxylic acids is 1. The SMILES string of the molecule is Cc1cccc(OCC(=O)Nc2ccc3nc(-c4cccc(Cl)c4)oc3c2)c1C. The van der Waals surface area contributed by atoms with Gasteiger partial charge in [-0.3, -0.25) is 4.79 Å². The molecule has 4 aromatic rings. The minimum Gasteiger partial charge on any atom is -0.483 e. The van der Waals surface area contributed by atoms with E-state index in [2.05, 4.69) is 10.3 Å². The molecule has 3 aromatic carbocycles. The third-order valence-electron chi connectivity index (χ3n) is 4.66. The lowest BCUT2D eigenvalue weighted by molar-refractivity contribution is -0.118. The van der Waals surface area contributed by atoms with Crippen molar-refractivity contribution in [2.45, 2.75) is 13.8 Å². The number of aryl methyl sites for hydroxylation is 1. The third-order valence-corrected chi connectivity index (χ3v) is 4.89. The van der Waals surface area contributed by atoms with E-state index >= 15 is 0 Å². The highest BCUT2D eigenvalue weighted by molar-refractivity contribution is 6.30. The number of benzene rings is 3. The topological polar surface area (TPSA) is 64.4 Å². The fourth-order valence-electron chi connectivity index (χ4n) is 2.97. The lowest BCUT2D eigenvalue weighted by Gasteiger charge is -2.11. The van der Waals surface area contributed by atoms with Crippen LogP contribution in [0.2, 0.25) is 5.02 Å². The Hall–Kier alpha value is -3.31. The van der Waals surface area contributed by atoms with E-state index in [1.807, 2.05) is 44.2 Å². The van der Waals surface area contributed by atoms with Gasteiger partial charge in [-0.1, -0.05) is 29.8 Å². The number of halogens is 1. The van der Waals surface area contributed by atoms with Gasteiger partial charge in [0.05, 0.1) is 0 Å². The standard InChI is InChI=1S/C23H19ClN2O3/c1-14-5-3-8-20(15(14)2)28-13-22(27)25-18-9-10-19-21(12-18)29-23(26-19)16-6-4-7-17(24)11-16/h3-12H,13H2,1-2H3,(H,25,27). The molecule has 0 aliphatic heterocycles. The molecule has 146 valence electrons. The van der Waals surface area contributed by atoms with Crippen LogP contribution >= 0.6 is 11.6 Å². The summed E-state index contributed by atoms with van der Waals surface area (Å²) in [5.74, 6) is 0.932. The normalized spacial score (nSPS) is 10.9. The zero-order valence-electron chi connectivity index (χ0n) is 16.0. The number of ether oxygens (including phenoxy) is 1. The van der Waals surface area contributed by atoms with Gasteiger partial charge in [0, 0.05) is 22.3 Å². The summed E-state index contributed by atoms with van der Waals surface area (Å²) in [4.78, 5) is 16.8. The molecule has 0 aliphatic rings. The van der Waals surface area contributed by atoms with E-state index in [-0.39, 0.29) is 12.5 Å². The molecule has 0 aliphatic carbocycles. The molecule has 5 nitrogen and oxygen atoms in total. The molecule has 4 rings (SSSR count). The monoisotopic (exact) mass is 406 g/mol. The summed E-state index contributed by atoms with van der Waals surface area (Å²) in [5, 5.41) is 3.44. The van der Waals surface area contributed by atoms with Crippen molar-refractivity contribution >= 4 is 34.3 Å². The van der Waals surface area contributed by atoms with Crippen molar-refractivity contribution < 1.29 is 13.9 Å². The summed E-state index contributed by atoms with van der Waals surface area (Å²) in [6.45, 7) is 3.90. The van der Waals surface area contributed by atoms with E-state index in [0.717, 1.165) is 16.7 Å². The number of oxazole rings is 1. The highest BCUT2D eigenvalue weighted by Crippen LogP contribution is 2.28. The molecule has 0 radical (unpaired) electrons. The fourth-order valence-corrected chi connectivity index (χ4v) is 3.16. The van der Waals surface area contributed by atoms with Crippen LogP contribution in [0, 0.1) is 13.8 Å². The van der Waals surface area contributed by atoms with Crippen LogP contribution in [-0.2, 0) is 4.79 Å². The molecule has 6 heteroatoms. The van der Waals surface area contributed by atoms with Crippen LogP contribution in [0.4, 0.5) is 5.69 Å². The minimum atomic E-state index is -0.250. The van der Waals surface area contributed by atoms with Crippen LogP contribution in [0.25, 0.3) is 22.6 Å². The van der Waals surface area contributed by atoms with Gasteiger partial charge in [0.1, 0.15) is 11.3 Å². The Labute approximate surface area is 173 Å². The molecule has 0 saturated carbocycles. The van der Waals surface area contributed by atoms with Gasteiger partial charge in [0.15, 0.2) is 12.2 Å². The van der Waals surface area contributed by atoms with Crippen LogP contribution in [0.5, 0.6) is 5.75 Å². The van der Waals surface area contributed by atoms with Gasteiger partial charge in [-0.25, -0.2) is 4.98 Å². The predicted octanol–water partition coefficient (Wildman–Crippen LogP) is 5.78. The highest BCUT2D eigenvalue weighted by Gasteiger charge is 2.11. The van der Waals surface area contributed by atoms with Gasteiger partial charge in [0.25, 0.3) is 5.91 Å². The molecule has 0 unspecified atom stereocenters. The van der Waals surface area contributed by atoms with Gasteiger partial charge >= 0.3 is 0 Å². The molecule has 1 aromatic heterocycles. The van der Waals surface area contributed by atoms with Gasteiger partial charge < -0.3 is 14.5 Å². The highest BCUT2D eigenvalue weighted by atomic mass is 35.5. The zero-order chi connectivity index (χ0) is 20.4. The Bertz CT molecular complexity index is 1200. The van der Waals surface area contributed by atoms with Gasteiger partial charge in [-0.05, 0) is 61.4 Å². The summed E-state index contributed by atoms with van der Waals surface area (Å²) < 4.78 is 11.5. The number of nitrogens with one attached hydrogen (secondary N) is 1. The zero-order valence-corrected chi connectivity index (χ0v) is 16.8. The van der Waals surface area contributed by atoms with Crippen molar-refractivity contribution in [2.75, 3.05) is 11.9 Å². The van der Waals surface area contributed by atoms with Crippen molar-refractivity contribution in [1.29, 1.82) is 0 Å². The maximum Gasteiger partial charge on any atom is 0.262 e. The number of carbonyl (C=O) groups is 1. The fraction of sp³-hybridized carbons (Fsp3) is 0.130. The first-order valence-corrected chi connectivity index (χ1v) is 9.53. The number of fused-ring (bicyclic) bond motifs is 1. The molecular weight excluding hydrogens is 388 g/mol. The van der Waals surface area contributed by atoms with Crippen LogP contribution < -0.4 is 10.1 Å². The second-order valence-corrected chi connectivity index (χ2v) is 7.18. The second-order valence-electron chi connectivity index (χ2n) is 6.75. The van der Waals surface area contributed by atoms with E-state index in [4.69, 9.17) is 20.8 Å². The van der Waals surface area contributed by atoms with E-state index in [1.54, 1.807) is 30.3 Å². The summed E-state index contributed by atoms with van der Waals surface area (Å²) in [6, 6.07) is 18.4. The van der Waals surface area contributed by atoms with Gasteiger partial charge in [-0.15, -0.1) is 0 Å². The number of aromatic nitrogens is 1. The molecule has 1 amide bonds. The molecule has 0 spiro atoms. The lowest BCUT2D eigenvalue weighted by atomic mass is 10.1. The summed E-state index contributed by atoms with van der Waals surface area (Å²) >= 11 is 6.04. The minimum absolute atomic E-state index is 0.0769. The van der Waals surface area contributed by atoms with E-state index in [9.17, 15) is 4.79 Å². The lowest BCUT2D eigenvalue weighted by Crippen LogP contribution is -2.20. The third kappa shape index (κ3) is 4.25. The molecule has 29 heavy (non-hydrogen) atoms. The molecule has 1 heterocycles. The van der Waals surface area contributed by atoms with Crippen molar-refractivity contribution in [3.05, 3.63) is 76.8 Å². The van der Waals surface area contributed by atoms with Crippen LogP contribution in [0.3, 0.4) is 0 Å². The largest absolute Gasteiger partial charge is 0.483 e. The second kappa shape index (κ2) is 7.97. The molecule has 0 saturated heterocycles. The maximum atomic E-state index is 12.3. The van der Waals surface area contributed by atoms with Crippen LogP contribution in [-0.4, -0.2) is 17.5 Å². The summed E-state index contributed by atoms with van der Waals surface area (Å²) in [7, 11) is 0. The van der Waals surface area contributed by atoms with Gasteiger partial charge in [-0.2, -0.15) is 0 Å². The Morgan fingerprint density at radius 3 is 2.76 bits per heavy atom. The van der Waals surface area contributed by atoms with Crippen LogP contribution in [0.1, 0.15) is 11.1 Å². The Morgan fingerprint density at radius 1 is 1.10 bits per heavy atom. The number of amides is 1. The van der Waals surface area contributed by atoms with E-state index in [0.29, 0.717) is 33.4 Å². The van der Waals surface area contributed by atoms with Crippen molar-refractivity contribution in [2.24, 2.45) is 0 Å². The average Bonchev–Trinajstić information content (AvgIpc) is 3.12. The number of hydrogen-bond donors (Lipinski definition) is 1. The summed E-state index contributed by atoms with van der Waals surface area (Å²) in [5.41, 5.74) is 4.83. The maximum absolute atomic E-state index is 12.3. The summed E-state index contributed by atoms with van der Waals surface area (Å²) in [6.07, 6.45) is 0. The quantitative estimate of drug-likeness (QED) is 0.456. The molecule has 0 bridgehead atoms. The number of hydrogen-bond acceptors (Lipinski definition) is 4. The average molecular weight is 407 g/mol. The predicted molar refractivity (Wildman–Crippen MR) is 114 cm³/mol. The Kier molecular flexibility index (Phi) is 5.23. The van der Waals surface area contributed by atoms with E-state index in [1.165, 1.54) is 0 Å². The Morgan fingerprint density at radius 2 is 1.93 bits per heavy atom. The first-order valence-electron chi connectivity index (χ1n) is 9.15.